The van der Waals surface area contributed by atoms with Gasteiger partial charge in [0.1, 0.15) is 11.5 Å². The van der Waals surface area contributed by atoms with Crippen molar-refractivity contribution in [2.45, 2.75) is 24.3 Å². The number of hydrazone groups is 1. The van der Waals surface area contributed by atoms with Crippen molar-refractivity contribution in [3.63, 3.8) is 0 Å². The Morgan fingerprint density at radius 3 is 2.38 bits per heavy atom. The van der Waals surface area contributed by atoms with E-state index in [-0.39, 0.29) is 4.90 Å². The fourth-order valence-electron chi connectivity index (χ4n) is 3.71. The van der Waals surface area contributed by atoms with Crippen LogP contribution in [0.15, 0.2) is 76.7 Å². The van der Waals surface area contributed by atoms with E-state index in [0.29, 0.717) is 39.8 Å². The molecule has 0 saturated heterocycles. The predicted octanol–water partition coefficient (Wildman–Crippen LogP) is 5.21. The largest absolute Gasteiger partial charge is 0.497 e. The zero-order valence-corrected chi connectivity index (χ0v) is 19.5. The van der Waals surface area contributed by atoms with Crippen LogP contribution in [0.3, 0.4) is 0 Å². The van der Waals surface area contributed by atoms with Gasteiger partial charge in [0, 0.05) is 23.1 Å². The zero-order valence-electron chi connectivity index (χ0n) is 17.9. The molecule has 1 aliphatic heterocycles. The van der Waals surface area contributed by atoms with Gasteiger partial charge in [-0.3, -0.25) is 0 Å². The third-order valence-corrected chi connectivity index (χ3v) is 7.46. The number of ether oxygens (including phenoxy) is 2. The summed E-state index contributed by atoms with van der Waals surface area (Å²) < 4.78 is 39.2. The maximum atomic E-state index is 13.6. The van der Waals surface area contributed by atoms with Gasteiger partial charge in [-0.2, -0.15) is 17.9 Å². The Morgan fingerprint density at radius 1 is 1.00 bits per heavy atom. The van der Waals surface area contributed by atoms with Crippen molar-refractivity contribution in [2.75, 3.05) is 14.2 Å². The molecule has 1 aliphatic rings. The quantitative estimate of drug-likeness (QED) is 0.496. The number of hydrogen-bond acceptors (Lipinski definition) is 5. The molecule has 32 heavy (non-hydrogen) atoms. The lowest BCUT2D eigenvalue weighted by molar-refractivity contribution is 0.371. The molecule has 0 unspecified atom stereocenters. The monoisotopic (exact) mass is 470 g/mol. The first-order valence-corrected chi connectivity index (χ1v) is 11.8. The Bertz CT molecular complexity index is 1270. The first kappa shape index (κ1) is 22.2. The summed E-state index contributed by atoms with van der Waals surface area (Å²) in [6.45, 7) is 1.91. The van der Waals surface area contributed by atoms with Crippen molar-refractivity contribution < 1.29 is 17.9 Å². The highest BCUT2D eigenvalue weighted by molar-refractivity contribution is 7.89. The Morgan fingerprint density at radius 2 is 1.72 bits per heavy atom. The molecule has 1 atom stereocenters. The molecule has 0 aromatic heterocycles. The fraction of sp³-hybridized carbons (Fsp3) is 0.208. The fourth-order valence-corrected chi connectivity index (χ4v) is 5.39. The lowest BCUT2D eigenvalue weighted by Gasteiger charge is -2.24. The SMILES string of the molecule is COc1ccc(C2=NN(S(=O)(=O)c3ccc(C)cc3)[C@H](c3ccccc3Cl)C2)c(OC)c1. The van der Waals surface area contributed by atoms with Gasteiger partial charge in [0.2, 0.25) is 0 Å². The summed E-state index contributed by atoms with van der Waals surface area (Å²) in [5.74, 6) is 1.19. The maximum absolute atomic E-state index is 13.6. The van der Waals surface area contributed by atoms with Gasteiger partial charge >= 0.3 is 0 Å². The van der Waals surface area contributed by atoms with E-state index in [2.05, 4.69) is 5.10 Å². The molecule has 0 fully saturated rings. The molecule has 6 nitrogen and oxygen atoms in total. The van der Waals surface area contributed by atoms with Crippen LogP contribution < -0.4 is 9.47 Å². The first-order valence-electron chi connectivity index (χ1n) is 10.0. The third-order valence-electron chi connectivity index (χ3n) is 5.42. The van der Waals surface area contributed by atoms with Crippen LogP contribution in [-0.4, -0.2) is 32.8 Å². The highest BCUT2D eigenvalue weighted by Gasteiger charge is 2.39. The van der Waals surface area contributed by atoms with Crippen LogP contribution in [-0.2, 0) is 10.0 Å². The van der Waals surface area contributed by atoms with Crippen molar-refractivity contribution in [2.24, 2.45) is 5.10 Å². The Kier molecular flexibility index (Phi) is 6.13. The van der Waals surface area contributed by atoms with Crippen molar-refractivity contribution >= 4 is 27.3 Å². The number of sulfonamides is 1. The Hall–Kier alpha value is -3.03. The van der Waals surface area contributed by atoms with E-state index in [1.165, 1.54) is 0 Å². The Balaban J connectivity index is 1.84. The van der Waals surface area contributed by atoms with Crippen LogP contribution >= 0.6 is 11.6 Å². The van der Waals surface area contributed by atoms with E-state index in [1.807, 2.05) is 31.2 Å². The lowest BCUT2D eigenvalue weighted by atomic mass is 9.98. The minimum Gasteiger partial charge on any atom is -0.497 e. The summed E-state index contributed by atoms with van der Waals surface area (Å²) in [5.41, 5.74) is 2.95. The van der Waals surface area contributed by atoms with Crippen LogP contribution in [0.5, 0.6) is 11.5 Å². The molecular weight excluding hydrogens is 448 g/mol. The first-order chi connectivity index (χ1) is 15.3. The zero-order chi connectivity index (χ0) is 22.9. The molecule has 0 aliphatic carbocycles. The molecule has 0 spiro atoms. The van der Waals surface area contributed by atoms with E-state index in [0.717, 1.165) is 9.98 Å². The highest BCUT2D eigenvalue weighted by atomic mass is 35.5. The Labute approximate surface area is 193 Å². The van der Waals surface area contributed by atoms with E-state index in [4.69, 9.17) is 21.1 Å². The maximum Gasteiger partial charge on any atom is 0.279 e. The minimum atomic E-state index is -3.92. The molecule has 1 heterocycles. The minimum absolute atomic E-state index is 0.173. The highest BCUT2D eigenvalue weighted by Crippen LogP contribution is 2.41. The molecular formula is C24H23ClN2O4S. The topological polar surface area (TPSA) is 68.2 Å². The van der Waals surface area contributed by atoms with Crippen molar-refractivity contribution in [1.82, 2.24) is 4.41 Å². The molecule has 166 valence electrons. The van der Waals surface area contributed by atoms with Crippen LogP contribution in [0.1, 0.15) is 29.2 Å². The van der Waals surface area contributed by atoms with Gasteiger partial charge in [-0.05, 0) is 42.8 Å². The second-order valence-electron chi connectivity index (χ2n) is 7.44. The number of halogens is 1. The third kappa shape index (κ3) is 4.06. The second kappa shape index (κ2) is 8.84. The van der Waals surface area contributed by atoms with E-state index < -0.39 is 16.1 Å². The molecule has 0 amide bonds. The van der Waals surface area contributed by atoms with E-state index in [1.54, 1.807) is 56.7 Å². The molecule has 3 aromatic rings. The number of aryl methyl sites for hydroxylation is 1. The molecule has 0 radical (unpaired) electrons. The summed E-state index contributed by atoms with van der Waals surface area (Å²) in [4.78, 5) is 0.173. The standard InChI is InChI=1S/C24H23ClN2O4S/c1-16-8-11-18(12-9-16)32(28,29)27-23(19-6-4-5-7-21(19)25)15-22(26-27)20-13-10-17(30-2)14-24(20)31-3/h4-14,23H,15H2,1-3H3/t23-/m0/s1. The van der Waals surface area contributed by atoms with Gasteiger partial charge in [0.05, 0.1) is 30.9 Å². The van der Waals surface area contributed by atoms with Crippen LogP contribution in [0, 0.1) is 6.92 Å². The molecule has 4 rings (SSSR count). The van der Waals surface area contributed by atoms with Gasteiger partial charge in [-0.1, -0.05) is 47.5 Å². The van der Waals surface area contributed by atoms with Crippen molar-refractivity contribution in [3.05, 3.63) is 88.4 Å². The van der Waals surface area contributed by atoms with Crippen LogP contribution in [0.25, 0.3) is 0 Å². The van der Waals surface area contributed by atoms with Crippen molar-refractivity contribution in [3.8, 4) is 11.5 Å². The molecule has 0 bridgehead atoms. The van der Waals surface area contributed by atoms with Gasteiger partial charge in [-0.25, -0.2) is 0 Å². The van der Waals surface area contributed by atoms with Gasteiger partial charge in [0.15, 0.2) is 0 Å². The summed E-state index contributed by atoms with van der Waals surface area (Å²) in [6, 6.07) is 18.7. The summed E-state index contributed by atoms with van der Waals surface area (Å²) in [7, 11) is -0.791. The average Bonchev–Trinajstić information content (AvgIpc) is 3.25. The van der Waals surface area contributed by atoms with Crippen LogP contribution in [0.2, 0.25) is 5.02 Å². The number of nitrogens with zero attached hydrogens (tertiary/aromatic N) is 2. The summed E-state index contributed by atoms with van der Waals surface area (Å²) in [5, 5.41) is 5.06. The summed E-state index contributed by atoms with van der Waals surface area (Å²) >= 11 is 6.46. The normalized spacial score (nSPS) is 16.1. The van der Waals surface area contributed by atoms with Crippen LogP contribution in [0.4, 0.5) is 0 Å². The molecule has 0 saturated carbocycles. The van der Waals surface area contributed by atoms with Gasteiger partial charge < -0.3 is 9.47 Å². The number of hydrogen-bond donors (Lipinski definition) is 0. The number of methoxy groups -OCH3 is 2. The lowest BCUT2D eigenvalue weighted by Crippen LogP contribution is -2.27. The van der Waals surface area contributed by atoms with Gasteiger partial charge in [0.25, 0.3) is 10.0 Å². The number of rotatable bonds is 6. The van der Waals surface area contributed by atoms with Crippen molar-refractivity contribution in [1.29, 1.82) is 0 Å². The van der Waals surface area contributed by atoms with E-state index >= 15 is 0 Å². The molecule has 3 aromatic carbocycles. The van der Waals surface area contributed by atoms with Gasteiger partial charge in [-0.15, -0.1) is 0 Å². The molecule has 8 heteroatoms. The average molecular weight is 471 g/mol. The predicted molar refractivity (Wildman–Crippen MR) is 125 cm³/mol. The second-order valence-corrected chi connectivity index (χ2v) is 9.65. The summed E-state index contributed by atoms with van der Waals surface area (Å²) in [6.07, 6.45) is 0.345. The molecule has 0 N–H and O–H groups in total. The number of benzene rings is 3. The van der Waals surface area contributed by atoms with E-state index in [9.17, 15) is 8.42 Å². The smallest absolute Gasteiger partial charge is 0.279 e.